The number of hydrogen-bond donors (Lipinski definition) is 0. The highest BCUT2D eigenvalue weighted by molar-refractivity contribution is 5.42. The third-order valence-electron chi connectivity index (χ3n) is 6.63. The molecule has 152 valence electrons. The maximum absolute atomic E-state index is 12.7. The summed E-state index contributed by atoms with van der Waals surface area (Å²) in [7, 11) is 0. The van der Waals surface area contributed by atoms with Crippen LogP contribution in [0, 0.1) is 17.8 Å². The Morgan fingerprint density at radius 3 is 2.56 bits per heavy atom. The molecule has 2 aliphatic rings. The molecular formula is C23H34F3N. The van der Waals surface area contributed by atoms with Crippen molar-refractivity contribution in [1.29, 1.82) is 0 Å². The molecule has 1 nitrogen and oxygen atoms in total. The lowest BCUT2D eigenvalue weighted by molar-refractivity contribution is -0.134. The number of fused-ring (bicyclic) bond motifs is 3. The molecule has 1 fully saturated rings. The third-order valence-corrected chi connectivity index (χ3v) is 6.63. The molecule has 0 aliphatic carbocycles. The van der Waals surface area contributed by atoms with Crippen LogP contribution >= 0.6 is 0 Å². The minimum Gasteiger partial charge on any atom is -0.296 e. The minimum absolute atomic E-state index is 0.112. The van der Waals surface area contributed by atoms with Gasteiger partial charge >= 0.3 is 6.18 Å². The van der Waals surface area contributed by atoms with Crippen LogP contribution in [0.1, 0.15) is 75.3 Å². The van der Waals surface area contributed by atoms with Gasteiger partial charge in [0.25, 0.3) is 0 Å². The first kappa shape index (κ1) is 20.7. The van der Waals surface area contributed by atoms with Crippen molar-refractivity contribution in [2.75, 3.05) is 13.1 Å². The molecule has 3 rings (SSSR count). The number of nitrogens with zero attached hydrogens (tertiary/aromatic N) is 1. The standard InChI is InChI=1S/C23H34F3N/c1-5-17-13-21-19(12-18(17)6-8-23(24,25)26)7-9-27-14-20(10-15(2)3)16(4)11-22(21)27/h12-13,15-16,20,22H,5-11,14H2,1-4H3. The zero-order valence-electron chi connectivity index (χ0n) is 17.2. The molecule has 3 unspecified atom stereocenters. The third kappa shape index (κ3) is 4.88. The molecule has 27 heavy (non-hydrogen) atoms. The number of halogens is 3. The van der Waals surface area contributed by atoms with Gasteiger partial charge in [-0.3, -0.25) is 4.90 Å². The first-order chi connectivity index (χ1) is 12.7. The van der Waals surface area contributed by atoms with Gasteiger partial charge in [-0.2, -0.15) is 13.2 Å². The molecule has 0 N–H and O–H groups in total. The lowest BCUT2D eigenvalue weighted by Crippen LogP contribution is -2.45. The molecule has 1 saturated heterocycles. The SMILES string of the molecule is CCc1cc2c(cc1CCC(F)(F)F)CCN1CC(CC(C)C)C(C)CC21. The molecule has 0 bridgehead atoms. The zero-order chi connectivity index (χ0) is 19.8. The summed E-state index contributed by atoms with van der Waals surface area (Å²) in [6.07, 6.45) is -0.453. The largest absolute Gasteiger partial charge is 0.389 e. The minimum atomic E-state index is -4.08. The van der Waals surface area contributed by atoms with E-state index in [9.17, 15) is 13.2 Å². The summed E-state index contributed by atoms with van der Waals surface area (Å²) < 4.78 is 38.1. The number of benzene rings is 1. The normalized spacial score (nSPS) is 26.1. The van der Waals surface area contributed by atoms with E-state index in [1.165, 1.54) is 30.5 Å². The lowest BCUT2D eigenvalue weighted by atomic mass is 9.74. The van der Waals surface area contributed by atoms with E-state index in [0.717, 1.165) is 42.3 Å². The van der Waals surface area contributed by atoms with Gasteiger partial charge in [0, 0.05) is 25.6 Å². The highest BCUT2D eigenvalue weighted by atomic mass is 19.4. The van der Waals surface area contributed by atoms with Crippen molar-refractivity contribution in [2.45, 2.75) is 78.4 Å². The summed E-state index contributed by atoms with van der Waals surface area (Å²) in [4.78, 5) is 2.64. The van der Waals surface area contributed by atoms with Gasteiger partial charge < -0.3 is 0 Å². The summed E-state index contributed by atoms with van der Waals surface area (Å²) in [6, 6.07) is 4.80. The average molecular weight is 382 g/mol. The number of aryl methyl sites for hydroxylation is 2. The molecule has 2 aliphatic heterocycles. The van der Waals surface area contributed by atoms with Gasteiger partial charge in [-0.1, -0.05) is 39.8 Å². The Bertz CT molecular complexity index is 650. The molecule has 0 saturated carbocycles. The molecule has 4 heteroatoms. The van der Waals surface area contributed by atoms with Gasteiger partial charge in [-0.05, 0) is 72.1 Å². The van der Waals surface area contributed by atoms with Crippen LogP contribution in [0.3, 0.4) is 0 Å². The Morgan fingerprint density at radius 1 is 1.19 bits per heavy atom. The van der Waals surface area contributed by atoms with Gasteiger partial charge in [-0.15, -0.1) is 0 Å². The fourth-order valence-corrected chi connectivity index (χ4v) is 5.17. The van der Waals surface area contributed by atoms with Crippen LogP contribution in [0.15, 0.2) is 12.1 Å². The van der Waals surface area contributed by atoms with Gasteiger partial charge in [0.2, 0.25) is 0 Å². The second-order valence-corrected chi connectivity index (χ2v) is 9.15. The number of hydrogen-bond acceptors (Lipinski definition) is 1. The Hall–Kier alpha value is -1.03. The summed E-state index contributed by atoms with van der Waals surface area (Å²) in [5.74, 6) is 2.20. The van der Waals surface area contributed by atoms with E-state index in [-0.39, 0.29) is 6.42 Å². The second kappa shape index (κ2) is 8.14. The predicted octanol–water partition coefficient (Wildman–Crippen LogP) is 6.35. The van der Waals surface area contributed by atoms with Crippen LogP contribution in [0.5, 0.6) is 0 Å². The molecule has 0 radical (unpaired) electrons. The predicted molar refractivity (Wildman–Crippen MR) is 105 cm³/mol. The molecule has 3 atom stereocenters. The van der Waals surface area contributed by atoms with Crippen molar-refractivity contribution in [3.8, 4) is 0 Å². The number of rotatable bonds is 5. The van der Waals surface area contributed by atoms with Crippen LogP contribution in [0.4, 0.5) is 13.2 Å². The molecular weight excluding hydrogens is 347 g/mol. The molecule has 0 amide bonds. The van der Waals surface area contributed by atoms with Gasteiger partial charge in [0.05, 0.1) is 0 Å². The molecule has 0 spiro atoms. The molecule has 2 heterocycles. The maximum atomic E-state index is 12.7. The first-order valence-corrected chi connectivity index (χ1v) is 10.6. The molecule has 1 aromatic rings. The summed E-state index contributed by atoms with van der Waals surface area (Å²) in [5.41, 5.74) is 4.70. The van der Waals surface area contributed by atoms with Crippen LogP contribution in [-0.4, -0.2) is 24.2 Å². The van der Waals surface area contributed by atoms with Gasteiger partial charge in [-0.25, -0.2) is 0 Å². The van der Waals surface area contributed by atoms with Crippen LogP contribution < -0.4 is 0 Å². The van der Waals surface area contributed by atoms with Crippen molar-refractivity contribution < 1.29 is 13.2 Å². The van der Waals surface area contributed by atoms with Crippen molar-refractivity contribution in [3.05, 3.63) is 34.4 Å². The second-order valence-electron chi connectivity index (χ2n) is 9.15. The van der Waals surface area contributed by atoms with Crippen LogP contribution in [-0.2, 0) is 19.3 Å². The van der Waals surface area contributed by atoms with E-state index in [4.69, 9.17) is 0 Å². The van der Waals surface area contributed by atoms with Gasteiger partial charge in [0.15, 0.2) is 0 Å². The summed E-state index contributed by atoms with van der Waals surface area (Å²) in [5, 5.41) is 0. The Kier molecular flexibility index (Phi) is 6.24. The van der Waals surface area contributed by atoms with E-state index in [0.29, 0.717) is 12.0 Å². The monoisotopic (exact) mass is 381 g/mol. The van der Waals surface area contributed by atoms with Crippen molar-refractivity contribution >= 4 is 0 Å². The molecule has 1 aromatic carbocycles. The fourth-order valence-electron chi connectivity index (χ4n) is 5.17. The quantitative estimate of drug-likeness (QED) is 0.575. The van der Waals surface area contributed by atoms with Crippen molar-refractivity contribution in [1.82, 2.24) is 4.90 Å². The fraction of sp³-hybridized carbons (Fsp3) is 0.739. The average Bonchev–Trinajstić information content (AvgIpc) is 2.58. The van der Waals surface area contributed by atoms with Crippen molar-refractivity contribution in [3.63, 3.8) is 0 Å². The van der Waals surface area contributed by atoms with Crippen LogP contribution in [0.2, 0.25) is 0 Å². The highest BCUT2D eigenvalue weighted by Gasteiger charge is 2.37. The zero-order valence-corrected chi connectivity index (χ0v) is 17.2. The Morgan fingerprint density at radius 2 is 1.93 bits per heavy atom. The van der Waals surface area contributed by atoms with E-state index in [2.05, 4.69) is 44.7 Å². The van der Waals surface area contributed by atoms with Crippen molar-refractivity contribution in [2.24, 2.45) is 17.8 Å². The lowest BCUT2D eigenvalue weighted by Gasteiger charge is -2.47. The van der Waals surface area contributed by atoms with E-state index >= 15 is 0 Å². The number of alkyl halides is 3. The summed E-state index contributed by atoms with van der Waals surface area (Å²) >= 11 is 0. The summed E-state index contributed by atoms with van der Waals surface area (Å²) in [6.45, 7) is 11.3. The van der Waals surface area contributed by atoms with Gasteiger partial charge in [0.1, 0.15) is 0 Å². The van der Waals surface area contributed by atoms with Crippen LogP contribution in [0.25, 0.3) is 0 Å². The maximum Gasteiger partial charge on any atom is 0.389 e. The topological polar surface area (TPSA) is 3.24 Å². The van der Waals surface area contributed by atoms with E-state index < -0.39 is 12.6 Å². The Balaban J connectivity index is 1.82. The highest BCUT2D eigenvalue weighted by Crippen LogP contribution is 2.43. The van der Waals surface area contributed by atoms with E-state index in [1.54, 1.807) is 0 Å². The number of piperidine rings is 1. The molecule has 0 aromatic heterocycles. The smallest absolute Gasteiger partial charge is 0.296 e. The van der Waals surface area contributed by atoms with E-state index in [1.807, 2.05) is 0 Å². The first-order valence-electron chi connectivity index (χ1n) is 10.6. The Labute approximate surface area is 162 Å².